The summed E-state index contributed by atoms with van der Waals surface area (Å²) in [5.41, 5.74) is 1.07. The van der Waals surface area contributed by atoms with Crippen molar-refractivity contribution < 1.29 is 0 Å². The van der Waals surface area contributed by atoms with E-state index in [9.17, 15) is 0 Å². The fraction of sp³-hybridized carbons (Fsp3) is 0.357. The lowest BCUT2D eigenvalue weighted by atomic mass is 10.2. The molecule has 0 aliphatic carbocycles. The maximum Gasteiger partial charge on any atom is 0.248 e. The first-order valence-corrected chi connectivity index (χ1v) is 7.64. The number of anilines is 1. The van der Waals surface area contributed by atoms with Crippen LogP contribution in [-0.4, -0.2) is 26.4 Å². The maximum absolute atomic E-state index is 5.96. The Morgan fingerprint density at radius 3 is 3.05 bits per heavy atom. The summed E-state index contributed by atoms with van der Waals surface area (Å²) < 4.78 is 1.74. The van der Waals surface area contributed by atoms with Gasteiger partial charge in [0.05, 0.1) is 6.54 Å². The lowest BCUT2D eigenvalue weighted by molar-refractivity contribution is 0.687. The second kappa shape index (κ2) is 7.95. The molecule has 5 nitrogen and oxygen atoms in total. The lowest BCUT2D eigenvalue weighted by Crippen LogP contribution is -2.29. The van der Waals surface area contributed by atoms with Gasteiger partial charge in [0.1, 0.15) is 6.33 Å². The quantitative estimate of drug-likeness (QED) is 0.632. The molecule has 0 saturated carbocycles. The highest BCUT2D eigenvalue weighted by molar-refractivity contribution is 7.80. The molecule has 0 fully saturated rings. The molecule has 2 aromatic rings. The van der Waals surface area contributed by atoms with E-state index in [2.05, 4.69) is 27.6 Å². The van der Waals surface area contributed by atoms with Crippen LogP contribution >= 0.6 is 23.8 Å². The Labute approximate surface area is 134 Å². The SMILES string of the molecule is CCCCNC(=S)Nc1ncn(Cc2cccc(Cl)c2)n1. The minimum absolute atomic E-state index is 0.492. The van der Waals surface area contributed by atoms with Crippen LogP contribution in [0.15, 0.2) is 30.6 Å². The predicted octanol–water partition coefficient (Wildman–Crippen LogP) is 3.07. The van der Waals surface area contributed by atoms with Crippen LogP contribution in [0.4, 0.5) is 5.95 Å². The zero-order valence-electron chi connectivity index (χ0n) is 11.8. The van der Waals surface area contributed by atoms with Gasteiger partial charge in [-0.05, 0) is 36.3 Å². The third kappa shape index (κ3) is 5.32. The Hall–Kier alpha value is -1.66. The third-order valence-electron chi connectivity index (χ3n) is 2.81. The van der Waals surface area contributed by atoms with Gasteiger partial charge in [-0.3, -0.25) is 5.32 Å². The van der Waals surface area contributed by atoms with Crippen molar-refractivity contribution in [2.45, 2.75) is 26.3 Å². The van der Waals surface area contributed by atoms with E-state index in [1.807, 2.05) is 24.3 Å². The number of hydrogen-bond donors (Lipinski definition) is 2. The number of aromatic nitrogens is 3. The average Bonchev–Trinajstić information content (AvgIpc) is 2.86. The smallest absolute Gasteiger partial charge is 0.248 e. The van der Waals surface area contributed by atoms with Gasteiger partial charge in [0.2, 0.25) is 5.95 Å². The van der Waals surface area contributed by atoms with Gasteiger partial charge in [0, 0.05) is 11.6 Å². The number of thiocarbonyl (C=S) groups is 1. The Morgan fingerprint density at radius 1 is 1.43 bits per heavy atom. The molecule has 112 valence electrons. The van der Waals surface area contributed by atoms with Gasteiger partial charge in [-0.25, -0.2) is 9.67 Å². The van der Waals surface area contributed by atoms with Crippen molar-refractivity contribution in [1.29, 1.82) is 0 Å². The van der Waals surface area contributed by atoms with E-state index in [-0.39, 0.29) is 0 Å². The van der Waals surface area contributed by atoms with E-state index in [1.165, 1.54) is 0 Å². The van der Waals surface area contributed by atoms with Gasteiger partial charge >= 0.3 is 0 Å². The van der Waals surface area contributed by atoms with Gasteiger partial charge in [-0.15, -0.1) is 5.10 Å². The molecule has 1 aromatic carbocycles. The van der Waals surface area contributed by atoms with Crippen molar-refractivity contribution in [3.63, 3.8) is 0 Å². The number of benzene rings is 1. The average molecular weight is 324 g/mol. The zero-order valence-corrected chi connectivity index (χ0v) is 13.4. The summed E-state index contributed by atoms with van der Waals surface area (Å²) in [6.07, 6.45) is 3.87. The van der Waals surface area contributed by atoms with Crippen LogP contribution in [0, 0.1) is 0 Å². The third-order valence-corrected chi connectivity index (χ3v) is 3.29. The van der Waals surface area contributed by atoms with E-state index >= 15 is 0 Å². The molecule has 2 N–H and O–H groups in total. The highest BCUT2D eigenvalue weighted by Crippen LogP contribution is 2.11. The summed E-state index contributed by atoms with van der Waals surface area (Å²) in [7, 11) is 0. The van der Waals surface area contributed by atoms with Gasteiger partial charge in [-0.1, -0.05) is 37.1 Å². The Kier molecular flexibility index (Phi) is 5.95. The molecule has 0 spiro atoms. The standard InChI is InChI=1S/C14H18ClN5S/c1-2-3-7-16-14(21)18-13-17-10-20(19-13)9-11-5-4-6-12(15)8-11/h4-6,8,10H,2-3,7,9H2,1H3,(H2,16,18,19,21). The van der Waals surface area contributed by atoms with Crippen molar-refractivity contribution in [1.82, 2.24) is 20.1 Å². The van der Waals surface area contributed by atoms with E-state index < -0.39 is 0 Å². The molecule has 0 amide bonds. The molecule has 0 unspecified atom stereocenters. The molecule has 0 atom stereocenters. The number of nitrogens with zero attached hydrogens (tertiary/aromatic N) is 3. The van der Waals surface area contributed by atoms with Crippen molar-refractivity contribution in [2.24, 2.45) is 0 Å². The zero-order chi connectivity index (χ0) is 15.1. The summed E-state index contributed by atoms with van der Waals surface area (Å²) in [5, 5.41) is 11.7. The predicted molar refractivity (Wildman–Crippen MR) is 89.7 cm³/mol. The molecule has 2 rings (SSSR count). The molecule has 0 radical (unpaired) electrons. The molecule has 1 aromatic heterocycles. The fourth-order valence-electron chi connectivity index (χ4n) is 1.77. The summed E-state index contributed by atoms with van der Waals surface area (Å²) in [5.74, 6) is 0.492. The second-order valence-electron chi connectivity index (χ2n) is 4.63. The second-order valence-corrected chi connectivity index (χ2v) is 5.47. The van der Waals surface area contributed by atoms with Gasteiger partial charge in [0.25, 0.3) is 0 Å². The molecule has 0 bridgehead atoms. The minimum Gasteiger partial charge on any atom is -0.362 e. The summed E-state index contributed by atoms with van der Waals surface area (Å²) in [4.78, 5) is 4.18. The minimum atomic E-state index is 0.492. The van der Waals surface area contributed by atoms with Gasteiger partial charge < -0.3 is 5.32 Å². The van der Waals surface area contributed by atoms with Crippen LogP contribution in [0.5, 0.6) is 0 Å². The van der Waals surface area contributed by atoms with Gasteiger partial charge in [0.15, 0.2) is 5.11 Å². The van der Waals surface area contributed by atoms with Crippen molar-refractivity contribution in [3.8, 4) is 0 Å². The van der Waals surface area contributed by atoms with E-state index in [0.29, 0.717) is 22.6 Å². The molecular weight excluding hydrogens is 306 g/mol. The molecule has 0 aliphatic heterocycles. The van der Waals surface area contributed by atoms with Crippen molar-refractivity contribution in [2.75, 3.05) is 11.9 Å². The van der Waals surface area contributed by atoms with Crippen LogP contribution in [0.1, 0.15) is 25.3 Å². The number of hydrogen-bond acceptors (Lipinski definition) is 3. The van der Waals surface area contributed by atoms with Crippen LogP contribution < -0.4 is 10.6 Å². The first kappa shape index (κ1) is 15.7. The summed E-state index contributed by atoms with van der Waals surface area (Å²) in [6, 6.07) is 7.67. The number of rotatable bonds is 6. The van der Waals surface area contributed by atoms with E-state index in [4.69, 9.17) is 23.8 Å². The first-order chi connectivity index (χ1) is 10.2. The van der Waals surface area contributed by atoms with Crippen molar-refractivity contribution in [3.05, 3.63) is 41.2 Å². The van der Waals surface area contributed by atoms with Crippen LogP contribution in [0.3, 0.4) is 0 Å². The fourth-order valence-corrected chi connectivity index (χ4v) is 2.18. The molecule has 0 saturated heterocycles. The van der Waals surface area contributed by atoms with E-state index in [1.54, 1.807) is 11.0 Å². The maximum atomic E-state index is 5.96. The molecule has 7 heteroatoms. The Morgan fingerprint density at radius 2 is 2.29 bits per heavy atom. The summed E-state index contributed by atoms with van der Waals surface area (Å²) >= 11 is 11.1. The highest BCUT2D eigenvalue weighted by atomic mass is 35.5. The van der Waals surface area contributed by atoms with Crippen molar-refractivity contribution >= 4 is 34.9 Å². The topological polar surface area (TPSA) is 54.8 Å². The van der Waals surface area contributed by atoms with Crippen LogP contribution in [0.2, 0.25) is 5.02 Å². The number of halogens is 1. The van der Waals surface area contributed by atoms with E-state index in [0.717, 1.165) is 24.9 Å². The monoisotopic (exact) mass is 323 g/mol. The molecular formula is C14H18ClN5S. The summed E-state index contributed by atoms with van der Waals surface area (Å²) in [6.45, 7) is 3.61. The molecule has 21 heavy (non-hydrogen) atoms. The number of nitrogens with one attached hydrogen (secondary N) is 2. The first-order valence-electron chi connectivity index (χ1n) is 6.86. The largest absolute Gasteiger partial charge is 0.362 e. The van der Waals surface area contributed by atoms with Crippen LogP contribution in [-0.2, 0) is 6.54 Å². The highest BCUT2D eigenvalue weighted by Gasteiger charge is 2.04. The Balaban J connectivity index is 1.88. The molecule has 0 aliphatic rings. The normalized spacial score (nSPS) is 10.4. The van der Waals surface area contributed by atoms with Crippen LogP contribution in [0.25, 0.3) is 0 Å². The molecule has 1 heterocycles. The number of unbranched alkanes of at least 4 members (excludes halogenated alkanes) is 1. The Bertz CT molecular complexity index is 599. The lowest BCUT2D eigenvalue weighted by Gasteiger charge is -2.06. The van der Waals surface area contributed by atoms with Gasteiger partial charge in [-0.2, -0.15) is 0 Å².